The fraction of sp³-hybridized carbons (Fsp3) is 0.667. The van der Waals surface area contributed by atoms with Crippen LogP contribution in [0.15, 0.2) is 24.4 Å². The van der Waals surface area contributed by atoms with Gasteiger partial charge in [-0.05, 0) is 37.4 Å². The van der Waals surface area contributed by atoms with Crippen molar-refractivity contribution in [2.75, 3.05) is 19.8 Å². The van der Waals surface area contributed by atoms with E-state index in [4.69, 9.17) is 4.74 Å². The van der Waals surface area contributed by atoms with Gasteiger partial charge in [-0.1, -0.05) is 19.9 Å². The molecule has 3 nitrogen and oxygen atoms in total. The summed E-state index contributed by atoms with van der Waals surface area (Å²) in [7, 11) is 0. The Morgan fingerprint density at radius 3 is 3.00 bits per heavy atom. The van der Waals surface area contributed by atoms with Crippen molar-refractivity contribution in [3.05, 3.63) is 30.1 Å². The van der Waals surface area contributed by atoms with Crippen LogP contribution in [-0.2, 0) is 4.74 Å². The maximum absolute atomic E-state index is 5.64. The van der Waals surface area contributed by atoms with E-state index >= 15 is 0 Å². The van der Waals surface area contributed by atoms with Gasteiger partial charge < -0.3 is 10.1 Å². The minimum Gasteiger partial charge on any atom is -0.381 e. The summed E-state index contributed by atoms with van der Waals surface area (Å²) in [6.07, 6.45) is 4.32. The van der Waals surface area contributed by atoms with E-state index in [9.17, 15) is 0 Å². The topological polar surface area (TPSA) is 34.1 Å². The van der Waals surface area contributed by atoms with E-state index in [0.29, 0.717) is 17.9 Å². The molecule has 0 spiro atoms. The molecule has 1 aliphatic rings. The zero-order chi connectivity index (χ0) is 12.8. The fourth-order valence-corrected chi connectivity index (χ4v) is 2.87. The molecule has 1 aliphatic heterocycles. The minimum atomic E-state index is 0.429. The predicted octanol–water partition coefficient (Wildman–Crippen LogP) is 2.59. The summed E-state index contributed by atoms with van der Waals surface area (Å²) in [4.78, 5) is 4.50. The van der Waals surface area contributed by atoms with Crippen LogP contribution in [0.1, 0.15) is 38.3 Å². The lowest BCUT2D eigenvalue weighted by Gasteiger charge is -2.34. The first-order valence-electron chi connectivity index (χ1n) is 7.05. The molecule has 2 rings (SSSR count). The van der Waals surface area contributed by atoms with Gasteiger partial charge in [-0.25, -0.2) is 0 Å². The summed E-state index contributed by atoms with van der Waals surface area (Å²) in [6, 6.07) is 6.63. The van der Waals surface area contributed by atoms with E-state index in [-0.39, 0.29) is 0 Å². The van der Waals surface area contributed by atoms with E-state index < -0.39 is 0 Å². The molecule has 1 fully saturated rings. The molecule has 0 aliphatic carbocycles. The Morgan fingerprint density at radius 1 is 1.50 bits per heavy atom. The van der Waals surface area contributed by atoms with Crippen LogP contribution >= 0.6 is 0 Å². The second-order valence-corrected chi connectivity index (χ2v) is 5.10. The average molecular weight is 248 g/mol. The highest BCUT2D eigenvalue weighted by molar-refractivity contribution is 5.12. The van der Waals surface area contributed by atoms with Crippen molar-refractivity contribution >= 4 is 0 Å². The predicted molar refractivity (Wildman–Crippen MR) is 73.7 cm³/mol. The molecule has 1 saturated heterocycles. The SMILES string of the molecule is CCNC(C1CCCOC1)C(C)c1ccccn1. The third kappa shape index (κ3) is 3.30. The Labute approximate surface area is 110 Å². The standard InChI is InChI=1S/C15H24N2O/c1-3-16-15(13-7-6-10-18-11-13)12(2)14-8-4-5-9-17-14/h4-5,8-9,12-13,15-16H,3,6-7,10-11H2,1-2H3. The lowest BCUT2D eigenvalue weighted by molar-refractivity contribution is 0.0357. The van der Waals surface area contributed by atoms with Crippen LogP contribution in [0.3, 0.4) is 0 Å². The number of likely N-dealkylation sites (N-methyl/N-ethyl adjacent to an activating group) is 1. The molecule has 3 unspecified atom stereocenters. The van der Waals surface area contributed by atoms with Gasteiger partial charge in [-0.2, -0.15) is 0 Å². The van der Waals surface area contributed by atoms with Crippen molar-refractivity contribution < 1.29 is 4.74 Å². The van der Waals surface area contributed by atoms with Gasteiger partial charge in [0.15, 0.2) is 0 Å². The number of pyridine rings is 1. The fourth-order valence-electron chi connectivity index (χ4n) is 2.87. The third-order valence-corrected chi connectivity index (χ3v) is 3.84. The highest BCUT2D eigenvalue weighted by Crippen LogP contribution is 2.27. The van der Waals surface area contributed by atoms with Gasteiger partial charge in [-0.15, -0.1) is 0 Å². The number of nitrogens with zero attached hydrogens (tertiary/aromatic N) is 1. The number of nitrogens with one attached hydrogen (secondary N) is 1. The van der Waals surface area contributed by atoms with Crippen LogP contribution in [0.5, 0.6) is 0 Å². The first-order valence-corrected chi connectivity index (χ1v) is 7.05. The van der Waals surface area contributed by atoms with Crippen LogP contribution < -0.4 is 5.32 Å². The Bertz CT molecular complexity index is 336. The van der Waals surface area contributed by atoms with Gasteiger partial charge in [0.05, 0.1) is 6.61 Å². The number of hydrogen-bond donors (Lipinski definition) is 1. The number of aromatic nitrogens is 1. The lowest BCUT2D eigenvalue weighted by atomic mass is 9.84. The molecular weight excluding hydrogens is 224 g/mol. The van der Waals surface area contributed by atoms with Crippen LogP contribution in [0.4, 0.5) is 0 Å². The molecule has 2 heterocycles. The summed E-state index contributed by atoms with van der Waals surface area (Å²) >= 11 is 0. The van der Waals surface area contributed by atoms with Gasteiger partial charge in [-0.3, -0.25) is 4.98 Å². The Kier molecular flexibility index (Phi) is 5.14. The Balaban J connectivity index is 2.08. The van der Waals surface area contributed by atoms with Crippen LogP contribution in [-0.4, -0.2) is 30.8 Å². The van der Waals surface area contributed by atoms with Crippen LogP contribution in [0.25, 0.3) is 0 Å². The van der Waals surface area contributed by atoms with Crippen LogP contribution in [0, 0.1) is 5.92 Å². The van der Waals surface area contributed by atoms with E-state index in [2.05, 4.69) is 36.3 Å². The monoisotopic (exact) mass is 248 g/mol. The van der Waals surface area contributed by atoms with Gasteiger partial charge in [0.25, 0.3) is 0 Å². The van der Waals surface area contributed by atoms with Crippen molar-refractivity contribution in [1.82, 2.24) is 10.3 Å². The Hall–Kier alpha value is -0.930. The van der Waals surface area contributed by atoms with Gasteiger partial charge in [0, 0.05) is 30.5 Å². The molecule has 0 radical (unpaired) electrons. The van der Waals surface area contributed by atoms with Crippen molar-refractivity contribution in [3.8, 4) is 0 Å². The third-order valence-electron chi connectivity index (χ3n) is 3.84. The molecule has 0 aromatic carbocycles. The molecule has 3 atom stereocenters. The van der Waals surface area contributed by atoms with E-state index in [1.54, 1.807) is 0 Å². The number of hydrogen-bond acceptors (Lipinski definition) is 3. The van der Waals surface area contributed by atoms with Gasteiger partial charge in [0.1, 0.15) is 0 Å². The minimum absolute atomic E-state index is 0.429. The molecule has 18 heavy (non-hydrogen) atoms. The molecule has 1 N–H and O–H groups in total. The largest absolute Gasteiger partial charge is 0.381 e. The summed E-state index contributed by atoms with van der Waals surface area (Å²) in [5.41, 5.74) is 1.18. The zero-order valence-electron chi connectivity index (χ0n) is 11.4. The normalized spacial score (nSPS) is 23.6. The molecule has 100 valence electrons. The van der Waals surface area contributed by atoms with Gasteiger partial charge >= 0.3 is 0 Å². The lowest BCUT2D eigenvalue weighted by Crippen LogP contribution is -2.43. The van der Waals surface area contributed by atoms with Crippen molar-refractivity contribution in [1.29, 1.82) is 0 Å². The molecule has 1 aromatic heterocycles. The van der Waals surface area contributed by atoms with E-state index in [1.807, 2.05) is 12.3 Å². The first kappa shape index (κ1) is 13.5. The molecule has 3 heteroatoms. The quantitative estimate of drug-likeness (QED) is 0.869. The summed E-state index contributed by atoms with van der Waals surface area (Å²) < 4.78 is 5.64. The maximum atomic E-state index is 5.64. The van der Waals surface area contributed by atoms with Crippen molar-refractivity contribution in [2.45, 2.75) is 38.6 Å². The summed E-state index contributed by atoms with van der Waals surface area (Å²) in [5, 5.41) is 3.63. The molecule has 0 saturated carbocycles. The van der Waals surface area contributed by atoms with Crippen molar-refractivity contribution in [2.24, 2.45) is 5.92 Å². The molecular formula is C15H24N2O. The van der Waals surface area contributed by atoms with E-state index in [1.165, 1.54) is 18.5 Å². The molecule has 1 aromatic rings. The summed E-state index contributed by atoms with van der Waals surface area (Å²) in [6.45, 7) is 7.24. The molecule has 0 amide bonds. The van der Waals surface area contributed by atoms with E-state index in [0.717, 1.165) is 19.8 Å². The average Bonchev–Trinajstić information content (AvgIpc) is 2.46. The maximum Gasteiger partial charge on any atom is 0.0509 e. The molecule has 0 bridgehead atoms. The Morgan fingerprint density at radius 2 is 2.39 bits per heavy atom. The highest BCUT2D eigenvalue weighted by atomic mass is 16.5. The van der Waals surface area contributed by atoms with Crippen molar-refractivity contribution in [3.63, 3.8) is 0 Å². The number of rotatable bonds is 5. The van der Waals surface area contributed by atoms with Gasteiger partial charge in [0.2, 0.25) is 0 Å². The number of ether oxygens (including phenoxy) is 1. The zero-order valence-corrected chi connectivity index (χ0v) is 11.4. The summed E-state index contributed by atoms with van der Waals surface area (Å²) in [5.74, 6) is 1.04. The highest BCUT2D eigenvalue weighted by Gasteiger charge is 2.29. The smallest absolute Gasteiger partial charge is 0.0509 e. The van der Waals surface area contributed by atoms with Crippen LogP contribution in [0.2, 0.25) is 0 Å². The second-order valence-electron chi connectivity index (χ2n) is 5.10. The first-order chi connectivity index (χ1) is 8.83. The second kappa shape index (κ2) is 6.86.